The topological polar surface area (TPSA) is 42.0 Å². The molecule has 0 saturated heterocycles. The third kappa shape index (κ3) is 4.76. The maximum Gasteiger partial charge on any atom is 0.232 e. The van der Waals surface area contributed by atoms with Crippen LogP contribution in [0.3, 0.4) is 0 Å². The zero-order valence-electron chi connectivity index (χ0n) is 19.6. The van der Waals surface area contributed by atoms with Crippen molar-refractivity contribution in [1.82, 2.24) is 4.98 Å². The van der Waals surface area contributed by atoms with Crippen LogP contribution in [0.4, 0.5) is 5.13 Å². The van der Waals surface area contributed by atoms with Crippen LogP contribution in [0, 0.1) is 5.41 Å². The molecule has 1 aromatic heterocycles. The van der Waals surface area contributed by atoms with Gasteiger partial charge in [0.15, 0.2) is 5.13 Å². The number of nitrogens with one attached hydrogen (secondary N) is 1. The number of thiazole rings is 1. The minimum Gasteiger partial charge on any atom is -0.301 e. The van der Waals surface area contributed by atoms with Crippen molar-refractivity contribution in [2.24, 2.45) is 5.41 Å². The third-order valence-electron chi connectivity index (χ3n) is 6.43. The quantitative estimate of drug-likeness (QED) is 0.319. The van der Waals surface area contributed by atoms with E-state index in [2.05, 4.69) is 55.6 Å². The number of hydrogen-bond acceptors (Lipinski definition) is 3. The summed E-state index contributed by atoms with van der Waals surface area (Å²) < 4.78 is 0. The van der Waals surface area contributed by atoms with E-state index in [0.717, 1.165) is 16.8 Å². The molecule has 1 heterocycles. The first-order chi connectivity index (χ1) is 15.8. The molecule has 4 heteroatoms. The second-order valence-corrected chi connectivity index (χ2v) is 10.3. The van der Waals surface area contributed by atoms with Gasteiger partial charge in [-0.15, -0.1) is 11.3 Å². The van der Waals surface area contributed by atoms with Gasteiger partial charge in [-0.1, -0.05) is 119 Å². The van der Waals surface area contributed by atoms with Crippen LogP contribution in [-0.2, 0) is 10.2 Å². The lowest BCUT2D eigenvalue weighted by Gasteiger charge is -2.33. The Morgan fingerprint density at radius 1 is 0.788 bits per heavy atom. The number of carbonyl (C=O) groups is 1. The van der Waals surface area contributed by atoms with E-state index in [9.17, 15) is 4.79 Å². The van der Waals surface area contributed by atoms with E-state index < -0.39 is 5.41 Å². The normalized spacial score (nSPS) is 12.0. The standard InChI is InChI=1S/C29H30N2OS/c1-28(2,23-18-12-7-13-19-23)24-20-33-27(30-24)31-26(32)29(3,4)25(21-14-8-5-9-15-21)22-16-10-6-11-17-22/h5-20,25H,1-4H3,(H,30,31,32). The molecule has 33 heavy (non-hydrogen) atoms. The first-order valence-electron chi connectivity index (χ1n) is 11.2. The summed E-state index contributed by atoms with van der Waals surface area (Å²) in [7, 11) is 0. The van der Waals surface area contributed by atoms with Gasteiger partial charge in [-0.25, -0.2) is 4.98 Å². The maximum absolute atomic E-state index is 13.6. The molecular formula is C29H30N2OS. The average Bonchev–Trinajstić information content (AvgIpc) is 3.30. The van der Waals surface area contributed by atoms with E-state index in [0.29, 0.717) is 5.13 Å². The Morgan fingerprint density at radius 3 is 1.79 bits per heavy atom. The lowest BCUT2D eigenvalue weighted by atomic mass is 9.70. The summed E-state index contributed by atoms with van der Waals surface area (Å²) in [6, 6.07) is 30.8. The molecule has 4 aromatic rings. The average molecular weight is 455 g/mol. The van der Waals surface area contributed by atoms with E-state index in [-0.39, 0.29) is 17.2 Å². The Bertz CT molecular complexity index is 1160. The van der Waals surface area contributed by atoms with E-state index in [4.69, 9.17) is 4.98 Å². The fraction of sp³-hybridized carbons (Fsp3) is 0.241. The molecule has 0 spiro atoms. The third-order valence-corrected chi connectivity index (χ3v) is 7.19. The molecule has 0 fully saturated rings. The summed E-state index contributed by atoms with van der Waals surface area (Å²) in [5, 5.41) is 5.79. The zero-order chi connectivity index (χ0) is 23.5. The molecule has 0 radical (unpaired) electrons. The highest BCUT2D eigenvalue weighted by molar-refractivity contribution is 7.14. The second kappa shape index (κ2) is 9.32. The number of aromatic nitrogens is 1. The Balaban J connectivity index is 1.61. The largest absolute Gasteiger partial charge is 0.301 e. The highest BCUT2D eigenvalue weighted by Gasteiger charge is 2.39. The predicted octanol–water partition coefficient (Wildman–Crippen LogP) is 7.27. The van der Waals surface area contributed by atoms with Gasteiger partial charge in [-0.3, -0.25) is 4.79 Å². The van der Waals surface area contributed by atoms with E-state index in [1.165, 1.54) is 16.9 Å². The Labute approximate surface area is 200 Å². The minimum absolute atomic E-state index is 0.0429. The molecular weight excluding hydrogens is 424 g/mol. The van der Waals surface area contributed by atoms with Crippen molar-refractivity contribution in [3.63, 3.8) is 0 Å². The first kappa shape index (κ1) is 22.9. The van der Waals surface area contributed by atoms with Crippen molar-refractivity contribution < 1.29 is 4.79 Å². The number of amides is 1. The number of benzene rings is 3. The van der Waals surface area contributed by atoms with Crippen LogP contribution < -0.4 is 5.32 Å². The van der Waals surface area contributed by atoms with Crippen molar-refractivity contribution in [3.05, 3.63) is 119 Å². The fourth-order valence-corrected chi connectivity index (χ4v) is 5.20. The minimum atomic E-state index is -0.691. The SMILES string of the molecule is CC(C)(c1ccccc1)c1csc(NC(=O)C(C)(C)C(c2ccccc2)c2ccccc2)n1. The van der Waals surface area contributed by atoms with E-state index in [1.807, 2.05) is 73.8 Å². The second-order valence-electron chi connectivity index (χ2n) is 9.46. The molecule has 0 aliphatic heterocycles. The van der Waals surface area contributed by atoms with Gasteiger partial charge in [-0.05, 0) is 16.7 Å². The molecule has 0 bridgehead atoms. The molecule has 4 rings (SSSR count). The van der Waals surface area contributed by atoms with Gasteiger partial charge in [-0.2, -0.15) is 0 Å². The van der Waals surface area contributed by atoms with Crippen molar-refractivity contribution in [3.8, 4) is 0 Å². The number of nitrogens with zero attached hydrogens (tertiary/aromatic N) is 1. The number of carbonyl (C=O) groups excluding carboxylic acids is 1. The Kier molecular flexibility index (Phi) is 6.48. The molecule has 0 unspecified atom stereocenters. The van der Waals surface area contributed by atoms with Gasteiger partial charge in [0, 0.05) is 16.7 Å². The van der Waals surface area contributed by atoms with Crippen LogP contribution >= 0.6 is 11.3 Å². The lowest BCUT2D eigenvalue weighted by molar-refractivity contribution is -0.124. The van der Waals surface area contributed by atoms with Crippen LogP contribution in [0.1, 0.15) is 56.0 Å². The molecule has 0 aliphatic rings. The van der Waals surface area contributed by atoms with Gasteiger partial charge in [0.25, 0.3) is 0 Å². The molecule has 168 valence electrons. The Hall–Kier alpha value is -3.24. The van der Waals surface area contributed by atoms with Crippen molar-refractivity contribution >= 4 is 22.4 Å². The van der Waals surface area contributed by atoms with Crippen LogP contribution in [0.25, 0.3) is 0 Å². The molecule has 3 nitrogen and oxygen atoms in total. The van der Waals surface area contributed by atoms with Gasteiger partial charge in [0.2, 0.25) is 5.91 Å². The van der Waals surface area contributed by atoms with Crippen molar-refractivity contribution in [2.75, 3.05) is 5.32 Å². The molecule has 0 saturated carbocycles. The van der Waals surface area contributed by atoms with E-state index in [1.54, 1.807) is 0 Å². The molecule has 3 aromatic carbocycles. The van der Waals surface area contributed by atoms with Crippen molar-refractivity contribution in [2.45, 2.75) is 39.0 Å². The zero-order valence-corrected chi connectivity index (χ0v) is 20.4. The highest BCUT2D eigenvalue weighted by Crippen LogP contribution is 2.42. The fourth-order valence-electron chi connectivity index (χ4n) is 4.33. The van der Waals surface area contributed by atoms with E-state index >= 15 is 0 Å². The summed E-state index contributed by atoms with van der Waals surface area (Å²) >= 11 is 1.48. The van der Waals surface area contributed by atoms with Gasteiger partial charge >= 0.3 is 0 Å². The number of anilines is 1. The summed E-state index contributed by atoms with van der Waals surface area (Å²) in [5.41, 5.74) is 3.45. The monoisotopic (exact) mass is 454 g/mol. The van der Waals surface area contributed by atoms with Crippen LogP contribution in [0.2, 0.25) is 0 Å². The van der Waals surface area contributed by atoms with Crippen LogP contribution in [-0.4, -0.2) is 10.9 Å². The summed E-state index contributed by atoms with van der Waals surface area (Å²) in [6.45, 7) is 8.34. The number of rotatable bonds is 7. The number of hydrogen-bond donors (Lipinski definition) is 1. The predicted molar refractivity (Wildman–Crippen MR) is 138 cm³/mol. The molecule has 1 N–H and O–H groups in total. The van der Waals surface area contributed by atoms with Gasteiger partial charge in [0.1, 0.15) is 0 Å². The molecule has 0 atom stereocenters. The smallest absolute Gasteiger partial charge is 0.232 e. The van der Waals surface area contributed by atoms with Crippen LogP contribution in [0.15, 0.2) is 96.4 Å². The lowest BCUT2D eigenvalue weighted by Crippen LogP contribution is -2.37. The van der Waals surface area contributed by atoms with Gasteiger partial charge < -0.3 is 5.32 Å². The molecule has 1 amide bonds. The highest BCUT2D eigenvalue weighted by atomic mass is 32.1. The summed E-state index contributed by atoms with van der Waals surface area (Å²) in [4.78, 5) is 18.4. The van der Waals surface area contributed by atoms with Crippen LogP contribution in [0.5, 0.6) is 0 Å². The Morgan fingerprint density at radius 2 is 1.27 bits per heavy atom. The maximum atomic E-state index is 13.6. The summed E-state index contributed by atoms with van der Waals surface area (Å²) in [5.74, 6) is -0.126. The van der Waals surface area contributed by atoms with Crippen molar-refractivity contribution in [1.29, 1.82) is 0 Å². The van der Waals surface area contributed by atoms with Gasteiger partial charge in [0.05, 0.1) is 11.1 Å². The first-order valence-corrected chi connectivity index (χ1v) is 12.1. The summed E-state index contributed by atoms with van der Waals surface area (Å²) in [6.07, 6.45) is 0. The molecule has 0 aliphatic carbocycles.